The minimum atomic E-state index is -1.28. The summed E-state index contributed by atoms with van der Waals surface area (Å²) in [7, 11) is 0. The van der Waals surface area contributed by atoms with Crippen LogP contribution in [-0.4, -0.2) is 28.5 Å². The van der Waals surface area contributed by atoms with Crippen molar-refractivity contribution in [2.45, 2.75) is 24.2 Å². The number of imide groups is 1. The molecule has 0 unspecified atom stereocenters. The summed E-state index contributed by atoms with van der Waals surface area (Å²) < 4.78 is 0. The molecule has 4 aliphatic rings. The molecule has 3 aliphatic carbocycles. The first-order valence-corrected chi connectivity index (χ1v) is 13.7. The molecule has 0 radical (unpaired) electrons. The summed E-state index contributed by atoms with van der Waals surface area (Å²) in [6, 6.07) is 25.4. The van der Waals surface area contributed by atoms with Gasteiger partial charge in [-0.15, -0.1) is 0 Å². The number of phenols is 1. The second kappa shape index (κ2) is 8.98. The van der Waals surface area contributed by atoms with Gasteiger partial charge in [-0.1, -0.05) is 84.4 Å². The van der Waals surface area contributed by atoms with Crippen LogP contribution in [0.15, 0.2) is 103 Å². The minimum Gasteiger partial charge on any atom is -0.508 e. The number of rotatable bonds is 3. The summed E-state index contributed by atoms with van der Waals surface area (Å²) in [5, 5.41) is 13.0. The predicted molar refractivity (Wildman–Crippen MR) is 148 cm³/mol. The third-order valence-corrected chi connectivity index (χ3v) is 9.42. The van der Waals surface area contributed by atoms with Crippen molar-refractivity contribution < 1.29 is 24.3 Å². The molecular weight excluding hydrogens is 502 g/mol. The number of carbonyl (C=O) groups is 4. The highest BCUT2D eigenvalue weighted by molar-refractivity contribution is 6.31. The molecule has 0 aromatic heterocycles. The van der Waals surface area contributed by atoms with E-state index in [0.29, 0.717) is 23.1 Å². The van der Waals surface area contributed by atoms with Crippen LogP contribution in [0, 0.1) is 23.7 Å². The van der Waals surface area contributed by atoms with Gasteiger partial charge in [-0.2, -0.15) is 0 Å². The van der Waals surface area contributed by atoms with Gasteiger partial charge in [0.05, 0.1) is 17.3 Å². The van der Waals surface area contributed by atoms with E-state index in [4.69, 9.17) is 0 Å². The number of benzene rings is 3. The molecule has 0 spiro atoms. The van der Waals surface area contributed by atoms with E-state index in [9.17, 15) is 24.3 Å². The van der Waals surface area contributed by atoms with Gasteiger partial charge in [-0.25, -0.2) is 0 Å². The van der Waals surface area contributed by atoms with E-state index >= 15 is 0 Å². The summed E-state index contributed by atoms with van der Waals surface area (Å²) in [5.74, 6) is -3.75. The second-order valence-corrected chi connectivity index (χ2v) is 11.2. The van der Waals surface area contributed by atoms with Gasteiger partial charge in [0.25, 0.3) is 0 Å². The van der Waals surface area contributed by atoms with Gasteiger partial charge in [0, 0.05) is 17.4 Å². The van der Waals surface area contributed by atoms with Crippen LogP contribution in [0.25, 0.3) is 5.57 Å². The molecule has 2 amide bonds. The number of amides is 2. The normalized spacial score (nSPS) is 30.9. The van der Waals surface area contributed by atoms with E-state index in [1.807, 2.05) is 72.8 Å². The molecule has 0 bridgehead atoms. The van der Waals surface area contributed by atoms with Crippen molar-refractivity contribution in [3.63, 3.8) is 0 Å². The number of Topliss-reactive ketones (excluding diaryl/α,β-unsaturated/α-hetero) is 1. The quantitative estimate of drug-likeness (QED) is 0.384. The Balaban J connectivity index is 1.53. The standard InChI is InChI=1S/C34H27NO5/c36-22-13-7-10-20(16-22)30-23-14-15-24-29(33(40)35-32(24)39)26(23)17-27-31(38)25(19-8-3-1-4-9-19)18-28(37)34(27,30)21-11-5-2-6-12-21/h1-14,16,18,24,26-27,29-30,36H,15,17H2,(H,35,39,40)/t24-,26+,27-,29-,30-,34-/m0/s1. The van der Waals surface area contributed by atoms with Gasteiger partial charge in [0.15, 0.2) is 11.6 Å². The lowest BCUT2D eigenvalue weighted by Crippen LogP contribution is -2.58. The lowest BCUT2D eigenvalue weighted by atomic mass is 9.44. The molecular formula is C34H27NO5. The van der Waals surface area contributed by atoms with Gasteiger partial charge in [-0.05, 0) is 53.7 Å². The van der Waals surface area contributed by atoms with Gasteiger partial charge in [-0.3, -0.25) is 24.5 Å². The van der Waals surface area contributed by atoms with Crippen molar-refractivity contribution in [3.8, 4) is 5.75 Å². The third kappa shape index (κ3) is 3.35. The van der Waals surface area contributed by atoms with Crippen LogP contribution in [0.2, 0.25) is 0 Å². The second-order valence-electron chi connectivity index (χ2n) is 11.2. The maximum atomic E-state index is 14.7. The molecule has 198 valence electrons. The Bertz CT molecular complexity index is 1640. The number of nitrogens with one attached hydrogen (secondary N) is 1. The van der Waals surface area contributed by atoms with E-state index in [1.165, 1.54) is 6.08 Å². The number of fused-ring (bicyclic) bond motifs is 4. The minimum absolute atomic E-state index is 0.0533. The van der Waals surface area contributed by atoms with E-state index in [2.05, 4.69) is 5.32 Å². The molecule has 7 rings (SSSR count). The summed E-state index contributed by atoms with van der Waals surface area (Å²) in [6.45, 7) is 0. The molecule has 6 heteroatoms. The fraction of sp³-hybridized carbons (Fsp3) is 0.235. The molecule has 1 saturated carbocycles. The van der Waals surface area contributed by atoms with Crippen LogP contribution in [0.5, 0.6) is 5.75 Å². The Morgan fingerprint density at radius 1 is 0.800 bits per heavy atom. The molecule has 3 aromatic rings. The van der Waals surface area contributed by atoms with Gasteiger partial charge >= 0.3 is 0 Å². The van der Waals surface area contributed by atoms with Crippen LogP contribution in [-0.2, 0) is 24.6 Å². The molecule has 40 heavy (non-hydrogen) atoms. The number of phenolic OH excluding ortho intramolecular Hbond substituents is 1. The first-order valence-electron chi connectivity index (χ1n) is 13.7. The largest absolute Gasteiger partial charge is 0.508 e. The zero-order chi connectivity index (χ0) is 27.6. The Morgan fingerprint density at radius 2 is 1.52 bits per heavy atom. The number of allylic oxidation sites excluding steroid dienone is 4. The number of hydrogen-bond donors (Lipinski definition) is 2. The lowest BCUT2D eigenvalue weighted by molar-refractivity contribution is -0.135. The van der Waals surface area contributed by atoms with Crippen LogP contribution >= 0.6 is 0 Å². The monoisotopic (exact) mass is 529 g/mol. The van der Waals surface area contributed by atoms with Crippen molar-refractivity contribution in [2.24, 2.45) is 23.7 Å². The molecule has 3 aromatic carbocycles. The molecule has 1 aliphatic heterocycles. The smallest absolute Gasteiger partial charge is 0.231 e. The fourth-order valence-corrected chi connectivity index (χ4v) is 7.86. The Morgan fingerprint density at radius 3 is 2.25 bits per heavy atom. The van der Waals surface area contributed by atoms with E-state index in [-0.39, 0.29) is 35.6 Å². The molecule has 6 atom stereocenters. The summed E-state index contributed by atoms with van der Waals surface area (Å²) in [4.78, 5) is 55.1. The van der Waals surface area contributed by atoms with Crippen molar-refractivity contribution in [1.29, 1.82) is 0 Å². The number of hydrogen-bond acceptors (Lipinski definition) is 5. The van der Waals surface area contributed by atoms with Crippen LogP contribution in [0.4, 0.5) is 0 Å². The average molecular weight is 530 g/mol. The van der Waals surface area contributed by atoms with Crippen LogP contribution in [0.1, 0.15) is 35.4 Å². The Labute approximate surface area is 231 Å². The SMILES string of the molecule is O=C1NC(=O)[C@H]2CC=C3[C@@H](C[C@H]4C(=O)C(c5ccccc5)=CC(=O)[C@@]4(c4ccccc4)[C@H]3c3cccc(O)c3)[C@@H]12. The first-order chi connectivity index (χ1) is 19.4. The zero-order valence-electron chi connectivity index (χ0n) is 21.6. The van der Waals surface area contributed by atoms with Crippen molar-refractivity contribution >= 4 is 29.0 Å². The Kier molecular flexibility index (Phi) is 5.49. The predicted octanol–water partition coefficient (Wildman–Crippen LogP) is 4.50. The van der Waals surface area contributed by atoms with Gasteiger partial charge < -0.3 is 5.11 Å². The number of aromatic hydroxyl groups is 1. The first kappa shape index (κ1) is 24.5. The summed E-state index contributed by atoms with van der Waals surface area (Å²) in [6.07, 6.45) is 4.15. The molecule has 2 fully saturated rings. The summed E-state index contributed by atoms with van der Waals surface area (Å²) in [5.41, 5.74) is 2.07. The van der Waals surface area contributed by atoms with Gasteiger partial charge in [0.2, 0.25) is 11.8 Å². The van der Waals surface area contributed by atoms with E-state index in [1.54, 1.807) is 18.2 Å². The van der Waals surface area contributed by atoms with Gasteiger partial charge in [0.1, 0.15) is 5.75 Å². The lowest BCUT2D eigenvalue weighted by Gasteiger charge is -2.55. The highest BCUT2D eigenvalue weighted by Gasteiger charge is 2.65. The van der Waals surface area contributed by atoms with Crippen LogP contribution < -0.4 is 5.32 Å². The topological polar surface area (TPSA) is 101 Å². The number of ketones is 2. The van der Waals surface area contributed by atoms with Crippen molar-refractivity contribution in [3.05, 3.63) is 119 Å². The van der Waals surface area contributed by atoms with E-state index in [0.717, 1.165) is 11.1 Å². The van der Waals surface area contributed by atoms with Crippen molar-refractivity contribution in [1.82, 2.24) is 5.32 Å². The van der Waals surface area contributed by atoms with E-state index < -0.39 is 35.0 Å². The summed E-state index contributed by atoms with van der Waals surface area (Å²) >= 11 is 0. The zero-order valence-corrected chi connectivity index (χ0v) is 21.6. The maximum absolute atomic E-state index is 14.7. The highest BCUT2D eigenvalue weighted by atomic mass is 16.3. The maximum Gasteiger partial charge on any atom is 0.231 e. The molecule has 6 nitrogen and oxygen atoms in total. The highest BCUT2D eigenvalue weighted by Crippen LogP contribution is 2.63. The average Bonchev–Trinajstić information content (AvgIpc) is 3.27. The Hall–Kier alpha value is -4.58. The molecule has 1 saturated heterocycles. The fourth-order valence-electron chi connectivity index (χ4n) is 7.86. The molecule has 2 N–H and O–H groups in total. The molecule has 1 heterocycles. The van der Waals surface area contributed by atoms with Crippen LogP contribution in [0.3, 0.4) is 0 Å². The third-order valence-electron chi connectivity index (χ3n) is 9.42. The number of carbonyl (C=O) groups excluding carboxylic acids is 4. The van der Waals surface area contributed by atoms with Crippen molar-refractivity contribution in [2.75, 3.05) is 0 Å².